The van der Waals surface area contributed by atoms with Crippen molar-refractivity contribution < 1.29 is 13.9 Å². The van der Waals surface area contributed by atoms with Crippen molar-refractivity contribution in [3.05, 3.63) is 34.9 Å². The average Bonchev–Trinajstić information content (AvgIpc) is 2.13. The maximum absolute atomic E-state index is 13.2. The smallest absolute Gasteiger partial charge is 0.144 e. The maximum Gasteiger partial charge on any atom is 0.144 e. The molecule has 1 aliphatic rings. The number of hydrogen-bond donors (Lipinski definition) is 1. The van der Waals surface area contributed by atoms with Crippen LogP contribution in [0.1, 0.15) is 30.4 Å². The summed E-state index contributed by atoms with van der Waals surface area (Å²) in [6.07, 6.45) is 1.87. The first-order valence-electron chi connectivity index (χ1n) is 4.69. The molecular weight excluding hydrogens is 200 g/mol. The molecule has 1 aromatic carbocycles. The molecule has 0 spiro atoms. The highest BCUT2D eigenvalue weighted by molar-refractivity contribution is 5.37. The number of nitrogens with zero attached hydrogens (tertiary/aromatic N) is 1. The Labute approximate surface area is 85.8 Å². The minimum absolute atomic E-state index is 0.225. The normalized spacial score (nSPS) is 18.0. The first-order chi connectivity index (χ1) is 7.07. The molecule has 78 valence electrons. The number of rotatable bonds is 1. The van der Waals surface area contributed by atoms with Crippen LogP contribution < -0.4 is 0 Å². The zero-order valence-electron chi connectivity index (χ0n) is 7.93. The van der Waals surface area contributed by atoms with Gasteiger partial charge in [-0.1, -0.05) is 0 Å². The van der Waals surface area contributed by atoms with Crippen LogP contribution in [0.5, 0.6) is 0 Å². The summed E-state index contributed by atoms with van der Waals surface area (Å²) in [4.78, 5) is 0. The van der Waals surface area contributed by atoms with Crippen molar-refractivity contribution in [3.63, 3.8) is 0 Å². The Hall–Kier alpha value is -1.47. The van der Waals surface area contributed by atoms with Crippen LogP contribution in [0.3, 0.4) is 0 Å². The molecular formula is C11H9F2NO. The summed E-state index contributed by atoms with van der Waals surface area (Å²) in [5.41, 5.74) is -1.47. The van der Waals surface area contributed by atoms with Crippen LogP contribution in [0.4, 0.5) is 8.78 Å². The number of nitriles is 1. The van der Waals surface area contributed by atoms with Gasteiger partial charge in [0.05, 0.1) is 5.60 Å². The summed E-state index contributed by atoms with van der Waals surface area (Å²) in [7, 11) is 0. The average molecular weight is 209 g/mol. The molecule has 0 amide bonds. The lowest BCUT2D eigenvalue weighted by Gasteiger charge is -2.37. The number of benzene rings is 1. The van der Waals surface area contributed by atoms with Crippen molar-refractivity contribution in [2.45, 2.75) is 24.9 Å². The minimum Gasteiger partial charge on any atom is -0.385 e. The fourth-order valence-electron chi connectivity index (χ4n) is 1.75. The van der Waals surface area contributed by atoms with E-state index in [1.54, 1.807) is 0 Å². The van der Waals surface area contributed by atoms with E-state index in [0.717, 1.165) is 18.6 Å². The molecule has 0 unspecified atom stereocenters. The Kier molecular flexibility index (Phi) is 2.20. The lowest BCUT2D eigenvalue weighted by Crippen LogP contribution is -2.33. The van der Waals surface area contributed by atoms with Crippen molar-refractivity contribution >= 4 is 0 Å². The van der Waals surface area contributed by atoms with Crippen molar-refractivity contribution in [2.24, 2.45) is 0 Å². The molecule has 2 nitrogen and oxygen atoms in total. The molecule has 15 heavy (non-hydrogen) atoms. The maximum atomic E-state index is 13.2. The van der Waals surface area contributed by atoms with E-state index in [1.165, 1.54) is 6.07 Å². The van der Waals surface area contributed by atoms with Gasteiger partial charge in [0.25, 0.3) is 0 Å². The van der Waals surface area contributed by atoms with Gasteiger partial charge in [-0.3, -0.25) is 0 Å². The van der Waals surface area contributed by atoms with E-state index >= 15 is 0 Å². The van der Waals surface area contributed by atoms with Gasteiger partial charge in [0.1, 0.15) is 23.3 Å². The molecule has 0 atom stereocenters. The predicted octanol–water partition coefficient (Wildman–Crippen LogP) is 2.21. The number of hydrogen-bond acceptors (Lipinski definition) is 2. The summed E-state index contributed by atoms with van der Waals surface area (Å²) in [5, 5.41) is 18.3. The summed E-state index contributed by atoms with van der Waals surface area (Å²) in [6, 6.07) is 3.53. The summed E-state index contributed by atoms with van der Waals surface area (Å²) in [6.45, 7) is 0. The standard InChI is InChI=1S/C11H9F2NO/c12-9-4-7(11(15)2-1-3-11)5-10(13)8(9)6-14/h4-5,15H,1-3H2. The highest BCUT2D eigenvalue weighted by Crippen LogP contribution is 2.41. The van der Waals surface area contributed by atoms with Gasteiger partial charge in [-0.15, -0.1) is 0 Å². The Bertz CT molecular complexity index is 423. The Morgan fingerprint density at radius 2 is 1.80 bits per heavy atom. The molecule has 0 aliphatic heterocycles. The SMILES string of the molecule is N#Cc1c(F)cc(C2(O)CCC2)cc1F. The van der Waals surface area contributed by atoms with Crippen LogP contribution in [-0.2, 0) is 5.60 Å². The molecule has 2 rings (SSSR count). The van der Waals surface area contributed by atoms with Gasteiger partial charge in [0, 0.05) is 0 Å². The second-order valence-corrected chi connectivity index (χ2v) is 3.81. The molecule has 0 heterocycles. The van der Waals surface area contributed by atoms with Crippen LogP contribution in [0.2, 0.25) is 0 Å². The molecule has 1 aromatic rings. The Morgan fingerprint density at radius 3 is 2.13 bits per heavy atom. The van der Waals surface area contributed by atoms with Crippen LogP contribution in [0, 0.1) is 23.0 Å². The van der Waals surface area contributed by atoms with Crippen LogP contribution in [0.25, 0.3) is 0 Å². The first-order valence-corrected chi connectivity index (χ1v) is 4.69. The van der Waals surface area contributed by atoms with Gasteiger partial charge in [0.2, 0.25) is 0 Å². The number of aliphatic hydroxyl groups is 1. The van der Waals surface area contributed by atoms with E-state index < -0.39 is 22.8 Å². The summed E-state index contributed by atoms with van der Waals surface area (Å²) in [5.74, 6) is -1.82. The predicted molar refractivity (Wildman–Crippen MR) is 48.8 cm³/mol. The topological polar surface area (TPSA) is 44.0 Å². The van der Waals surface area contributed by atoms with Gasteiger partial charge in [-0.2, -0.15) is 5.26 Å². The summed E-state index contributed by atoms with van der Waals surface area (Å²) < 4.78 is 26.5. The van der Waals surface area contributed by atoms with E-state index in [2.05, 4.69) is 0 Å². The second kappa shape index (κ2) is 3.28. The van der Waals surface area contributed by atoms with Gasteiger partial charge >= 0.3 is 0 Å². The summed E-state index contributed by atoms with van der Waals surface area (Å²) >= 11 is 0. The Morgan fingerprint density at radius 1 is 1.27 bits per heavy atom. The first kappa shape index (κ1) is 10.1. The van der Waals surface area contributed by atoms with Gasteiger partial charge in [-0.25, -0.2) is 8.78 Å². The molecule has 1 aliphatic carbocycles. The minimum atomic E-state index is -1.10. The van der Waals surface area contributed by atoms with E-state index in [0.29, 0.717) is 12.8 Å². The van der Waals surface area contributed by atoms with Crippen molar-refractivity contribution in [3.8, 4) is 6.07 Å². The van der Waals surface area contributed by atoms with Crippen LogP contribution >= 0.6 is 0 Å². The van der Waals surface area contributed by atoms with Gasteiger partial charge < -0.3 is 5.11 Å². The molecule has 0 saturated heterocycles. The third-order valence-electron chi connectivity index (χ3n) is 2.87. The molecule has 4 heteroatoms. The monoisotopic (exact) mass is 209 g/mol. The molecule has 0 bridgehead atoms. The lowest BCUT2D eigenvalue weighted by molar-refractivity contribution is -0.0392. The molecule has 1 saturated carbocycles. The Balaban J connectivity index is 2.49. The largest absolute Gasteiger partial charge is 0.385 e. The quantitative estimate of drug-likeness (QED) is 0.770. The van der Waals surface area contributed by atoms with Crippen molar-refractivity contribution in [2.75, 3.05) is 0 Å². The zero-order valence-corrected chi connectivity index (χ0v) is 7.93. The zero-order chi connectivity index (χ0) is 11.1. The fraction of sp³-hybridized carbons (Fsp3) is 0.364. The van der Waals surface area contributed by atoms with Crippen LogP contribution in [0.15, 0.2) is 12.1 Å². The lowest BCUT2D eigenvalue weighted by atomic mass is 9.75. The van der Waals surface area contributed by atoms with E-state index in [-0.39, 0.29) is 5.56 Å². The van der Waals surface area contributed by atoms with Crippen LogP contribution in [-0.4, -0.2) is 5.11 Å². The molecule has 1 N–H and O–H groups in total. The van der Waals surface area contributed by atoms with E-state index in [9.17, 15) is 13.9 Å². The van der Waals surface area contributed by atoms with E-state index in [1.807, 2.05) is 0 Å². The number of halogens is 2. The second-order valence-electron chi connectivity index (χ2n) is 3.81. The van der Waals surface area contributed by atoms with Crippen molar-refractivity contribution in [1.82, 2.24) is 0 Å². The third-order valence-corrected chi connectivity index (χ3v) is 2.87. The van der Waals surface area contributed by atoms with E-state index in [4.69, 9.17) is 5.26 Å². The molecule has 0 aromatic heterocycles. The van der Waals surface area contributed by atoms with Gasteiger partial charge in [-0.05, 0) is 37.0 Å². The van der Waals surface area contributed by atoms with Gasteiger partial charge in [0.15, 0.2) is 0 Å². The molecule has 0 radical (unpaired) electrons. The highest BCUT2D eigenvalue weighted by Gasteiger charge is 2.37. The van der Waals surface area contributed by atoms with Crippen molar-refractivity contribution in [1.29, 1.82) is 5.26 Å². The third kappa shape index (κ3) is 1.49. The highest BCUT2D eigenvalue weighted by atomic mass is 19.1. The fourth-order valence-corrected chi connectivity index (χ4v) is 1.75. The molecule has 1 fully saturated rings.